The van der Waals surface area contributed by atoms with Gasteiger partial charge < -0.3 is 5.11 Å². The molecule has 5 nitrogen and oxygen atoms in total. The zero-order chi connectivity index (χ0) is 13.9. The van der Waals surface area contributed by atoms with Crippen molar-refractivity contribution < 1.29 is 18.3 Å². The molecule has 1 aliphatic heterocycles. The molecule has 0 saturated carbocycles. The van der Waals surface area contributed by atoms with E-state index in [4.69, 9.17) is 5.11 Å². The van der Waals surface area contributed by atoms with Crippen molar-refractivity contribution in [3.63, 3.8) is 0 Å². The lowest BCUT2D eigenvalue weighted by Crippen LogP contribution is -2.33. The van der Waals surface area contributed by atoms with Gasteiger partial charge in [-0.25, -0.2) is 13.2 Å². The maximum Gasteiger partial charge on any atom is 0.336 e. The molecule has 19 heavy (non-hydrogen) atoms. The summed E-state index contributed by atoms with van der Waals surface area (Å²) in [7, 11) is -3.53. The molecule has 1 aromatic heterocycles. The van der Waals surface area contributed by atoms with Crippen LogP contribution in [0, 0.1) is 0 Å². The molecule has 0 atom stereocenters. The van der Waals surface area contributed by atoms with E-state index in [1.807, 2.05) is 0 Å². The van der Waals surface area contributed by atoms with Gasteiger partial charge in [-0.3, -0.25) is 0 Å². The summed E-state index contributed by atoms with van der Waals surface area (Å²) in [5.74, 6) is -1.09. The van der Waals surface area contributed by atoms with E-state index in [-0.39, 0.29) is 9.77 Å². The number of sulfonamides is 1. The zero-order valence-electron chi connectivity index (χ0n) is 10.5. The lowest BCUT2D eigenvalue weighted by molar-refractivity contribution is 0.0697. The van der Waals surface area contributed by atoms with Crippen molar-refractivity contribution in [1.82, 2.24) is 4.31 Å². The van der Waals surface area contributed by atoms with Gasteiger partial charge in [0.1, 0.15) is 4.21 Å². The summed E-state index contributed by atoms with van der Waals surface area (Å²) in [4.78, 5) is 10.8. The van der Waals surface area contributed by atoms with Gasteiger partial charge in [-0.2, -0.15) is 4.31 Å². The summed E-state index contributed by atoms with van der Waals surface area (Å²) in [6, 6.07) is 1.25. The summed E-state index contributed by atoms with van der Waals surface area (Å²) >= 11 is 0.980. The van der Waals surface area contributed by atoms with Gasteiger partial charge in [-0.15, -0.1) is 11.3 Å². The number of nitrogens with zero attached hydrogens (tertiary/aromatic N) is 1. The molecule has 0 spiro atoms. The second kappa shape index (κ2) is 6.02. The second-order valence-electron chi connectivity index (χ2n) is 4.63. The maximum atomic E-state index is 12.4. The van der Waals surface area contributed by atoms with Crippen molar-refractivity contribution in [2.24, 2.45) is 0 Å². The van der Waals surface area contributed by atoms with E-state index < -0.39 is 16.0 Å². The highest BCUT2D eigenvalue weighted by atomic mass is 32.2. The molecule has 0 bridgehead atoms. The molecule has 0 radical (unpaired) electrons. The molecule has 0 unspecified atom stereocenters. The largest absolute Gasteiger partial charge is 0.478 e. The van der Waals surface area contributed by atoms with E-state index in [2.05, 4.69) is 0 Å². The molecule has 106 valence electrons. The van der Waals surface area contributed by atoms with E-state index in [9.17, 15) is 13.2 Å². The first-order valence-electron chi connectivity index (χ1n) is 6.34. The van der Waals surface area contributed by atoms with Crippen molar-refractivity contribution in [3.05, 3.63) is 17.0 Å². The Balaban J connectivity index is 2.21. The third kappa shape index (κ3) is 3.34. The van der Waals surface area contributed by atoms with Gasteiger partial charge in [0.15, 0.2) is 0 Å². The monoisotopic (exact) mass is 303 g/mol. The molecule has 0 aromatic carbocycles. The molecule has 1 fully saturated rings. The highest BCUT2D eigenvalue weighted by Gasteiger charge is 2.26. The standard InChI is InChI=1S/C12H17NO4S2/c14-12(15)10-8-11(18-9-10)19(16,17)13-6-4-2-1-3-5-7-13/h8-9H,1-7H2,(H,14,15). The predicted octanol–water partition coefficient (Wildman–Crippen LogP) is 2.40. The van der Waals surface area contributed by atoms with Crippen molar-refractivity contribution >= 4 is 27.3 Å². The van der Waals surface area contributed by atoms with Crippen molar-refractivity contribution in [2.75, 3.05) is 13.1 Å². The van der Waals surface area contributed by atoms with E-state index in [0.717, 1.165) is 43.4 Å². The second-order valence-corrected chi connectivity index (χ2v) is 7.71. The zero-order valence-corrected chi connectivity index (χ0v) is 12.2. The average Bonchev–Trinajstić information content (AvgIpc) is 2.77. The van der Waals surface area contributed by atoms with Crippen LogP contribution < -0.4 is 0 Å². The van der Waals surface area contributed by atoms with Crippen LogP contribution in [-0.4, -0.2) is 36.9 Å². The Morgan fingerprint density at radius 1 is 1.16 bits per heavy atom. The Labute approximate surface area is 116 Å². The highest BCUT2D eigenvalue weighted by molar-refractivity contribution is 7.91. The molecule has 0 aliphatic carbocycles. The van der Waals surface area contributed by atoms with E-state index in [0.29, 0.717) is 13.1 Å². The number of hydrogen-bond donors (Lipinski definition) is 1. The van der Waals surface area contributed by atoms with Crippen LogP contribution in [0.4, 0.5) is 0 Å². The minimum Gasteiger partial charge on any atom is -0.478 e. The van der Waals surface area contributed by atoms with Crippen LogP contribution in [0.25, 0.3) is 0 Å². The first-order valence-corrected chi connectivity index (χ1v) is 8.66. The summed E-state index contributed by atoms with van der Waals surface area (Å²) in [6.45, 7) is 1.06. The SMILES string of the molecule is O=C(O)c1csc(S(=O)(=O)N2CCCCCCC2)c1. The molecule has 1 aromatic rings. The quantitative estimate of drug-likeness (QED) is 0.930. The molecular weight excluding hydrogens is 286 g/mol. The van der Waals surface area contributed by atoms with Crippen LogP contribution in [0.15, 0.2) is 15.7 Å². The van der Waals surface area contributed by atoms with Crippen LogP contribution in [0.3, 0.4) is 0 Å². The number of carboxylic acid groups (broad SMARTS) is 1. The van der Waals surface area contributed by atoms with Crippen molar-refractivity contribution in [2.45, 2.75) is 36.3 Å². The molecule has 1 saturated heterocycles. The first kappa shape index (κ1) is 14.5. The number of rotatable bonds is 3. The van der Waals surface area contributed by atoms with Gasteiger partial charge in [-0.05, 0) is 18.9 Å². The van der Waals surface area contributed by atoms with E-state index in [1.165, 1.54) is 15.8 Å². The van der Waals surface area contributed by atoms with Crippen LogP contribution in [0.2, 0.25) is 0 Å². The minimum atomic E-state index is -3.53. The summed E-state index contributed by atoms with van der Waals surface area (Å²) < 4.78 is 26.5. The van der Waals surface area contributed by atoms with Crippen LogP contribution in [-0.2, 0) is 10.0 Å². The fourth-order valence-corrected chi connectivity index (χ4v) is 4.97. The third-order valence-electron chi connectivity index (χ3n) is 3.23. The lowest BCUT2D eigenvalue weighted by atomic mass is 10.1. The molecule has 0 amide bonds. The molecule has 2 heterocycles. The Hall–Kier alpha value is -0.920. The van der Waals surface area contributed by atoms with Gasteiger partial charge in [0.25, 0.3) is 10.0 Å². The smallest absolute Gasteiger partial charge is 0.336 e. The minimum absolute atomic E-state index is 0.0376. The number of thiophene rings is 1. The summed E-state index contributed by atoms with van der Waals surface area (Å²) in [5.41, 5.74) is 0.0376. The maximum absolute atomic E-state index is 12.4. The number of carbonyl (C=O) groups is 1. The summed E-state index contributed by atoms with van der Waals surface area (Å²) in [6.07, 6.45) is 5.01. The third-order valence-corrected chi connectivity index (χ3v) is 6.55. The molecule has 1 N–H and O–H groups in total. The topological polar surface area (TPSA) is 74.7 Å². The van der Waals surface area contributed by atoms with Crippen molar-refractivity contribution in [3.8, 4) is 0 Å². The van der Waals surface area contributed by atoms with Gasteiger partial charge >= 0.3 is 5.97 Å². The Bertz CT molecular complexity index is 542. The predicted molar refractivity (Wildman–Crippen MR) is 73.1 cm³/mol. The average molecular weight is 303 g/mol. The van der Waals surface area contributed by atoms with Gasteiger partial charge in [0.05, 0.1) is 5.56 Å². The Kier molecular flexibility index (Phi) is 4.59. The summed E-state index contributed by atoms with van der Waals surface area (Å²) in [5, 5.41) is 10.2. The highest BCUT2D eigenvalue weighted by Crippen LogP contribution is 2.25. The van der Waals surface area contributed by atoms with Crippen molar-refractivity contribution in [1.29, 1.82) is 0 Å². The van der Waals surface area contributed by atoms with Gasteiger partial charge in [0, 0.05) is 18.5 Å². The Morgan fingerprint density at radius 2 is 1.74 bits per heavy atom. The first-order chi connectivity index (χ1) is 9.01. The van der Waals surface area contributed by atoms with Gasteiger partial charge in [-0.1, -0.05) is 19.3 Å². The van der Waals surface area contributed by atoms with Crippen LogP contribution >= 0.6 is 11.3 Å². The molecule has 7 heteroatoms. The number of hydrogen-bond acceptors (Lipinski definition) is 4. The molecule has 1 aliphatic rings. The number of carboxylic acids is 1. The molecule has 2 rings (SSSR count). The number of aromatic carboxylic acids is 1. The lowest BCUT2D eigenvalue weighted by Gasteiger charge is -2.23. The normalized spacial score (nSPS) is 18.7. The van der Waals surface area contributed by atoms with Crippen LogP contribution in [0.5, 0.6) is 0 Å². The Morgan fingerprint density at radius 3 is 2.26 bits per heavy atom. The van der Waals surface area contributed by atoms with E-state index >= 15 is 0 Å². The molecular formula is C12H17NO4S2. The van der Waals surface area contributed by atoms with Gasteiger partial charge in [0.2, 0.25) is 0 Å². The fourth-order valence-electron chi connectivity index (χ4n) is 2.15. The fraction of sp³-hybridized carbons (Fsp3) is 0.583. The van der Waals surface area contributed by atoms with E-state index in [1.54, 1.807) is 0 Å². The van der Waals surface area contributed by atoms with Crippen LogP contribution in [0.1, 0.15) is 42.5 Å².